The quantitative estimate of drug-likeness (QED) is 0.774. The molecule has 1 aromatic rings. The number of aliphatic hydroxyl groups excluding tert-OH is 1. The van der Waals surface area contributed by atoms with Gasteiger partial charge in [0.25, 0.3) is 0 Å². The molecular weight excluding hydrogens is 224 g/mol. The van der Waals surface area contributed by atoms with Crippen molar-refractivity contribution in [1.29, 1.82) is 0 Å². The van der Waals surface area contributed by atoms with Crippen LogP contribution >= 0.6 is 11.6 Å². The van der Waals surface area contributed by atoms with Crippen LogP contribution < -0.4 is 5.32 Å². The fourth-order valence-electron chi connectivity index (χ4n) is 1.90. The lowest BCUT2D eigenvalue weighted by Crippen LogP contribution is -2.47. The zero-order chi connectivity index (χ0) is 11.6. The average molecular weight is 241 g/mol. The number of hydrogen-bond acceptors (Lipinski definition) is 3. The summed E-state index contributed by atoms with van der Waals surface area (Å²) < 4.78 is 0. The summed E-state index contributed by atoms with van der Waals surface area (Å²) >= 11 is 5.98. The van der Waals surface area contributed by atoms with Crippen LogP contribution in [0.3, 0.4) is 0 Å². The van der Waals surface area contributed by atoms with Gasteiger partial charge in [-0.25, -0.2) is 4.98 Å². The molecule has 1 aliphatic rings. The van der Waals surface area contributed by atoms with Crippen molar-refractivity contribution in [2.45, 2.75) is 31.8 Å². The molecule has 0 aliphatic heterocycles. The molecule has 1 heterocycles. The molecular formula is C12H17ClN2O. The van der Waals surface area contributed by atoms with E-state index in [0.29, 0.717) is 17.6 Å². The fourth-order valence-corrected chi connectivity index (χ4v) is 2.08. The van der Waals surface area contributed by atoms with Gasteiger partial charge in [-0.1, -0.05) is 17.7 Å². The topological polar surface area (TPSA) is 45.1 Å². The molecule has 88 valence electrons. The van der Waals surface area contributed by atoms with Gasteiger partial charge in [0.1, 0.15) is 5.15 Å². The first-order chi connectivity index (χ1) is 7.65. The Morgan fingerprint density at radius 2 is 2.38 bits per heavy atom. The van der Waals surface area contributed by atoms with Crippen LogP contribution in [0.15, 0.2) is 18.3 Å². The molecule has 16 heavy (non-hydrogen) atoms. The minimum Gasteiger partial charge on any atom is -0.394 e. The van der Waals surface area contributed by atoms with Crippen molar-refractivity contribution in [1.82, 2.24) is 10.3 Å². The van der Waals surface area contributed by atoms with E-state index < -0.39 is 0 Å². The Bertz CT molecular complexity index is 368. The molecule has 1 aromatic heterocycles. The highest BCUT2D eigenvalue weighted by Gasteiger charge is 2.40. The molecule has 0 spiro atoms. The summed E-state index contributed by atoms with van der Waals surface area (Å²) in [6.07, 6.45) is 4.08. The molecule has 0 bridgehead atoms. The number of aliphatic hydroxyl groups is 1. The maximum Gasteiger partial charge on any atom is 0.133 e. The highest BCUT2D eigenvalue weighted by atomic mass is 35.5. The van der Waals surface area contributed by atoms with Gasteiger partial charge in [0.2, 0.25) is 0 Å². The number of aromatic nitrogens is 1. The second-order valence-electron chi connectivity index (χ2n) is 4.66. The van der Waals surface area contributed by atoms with Crippen molar-refractivity contribution < 1.29 is 5.11 Å². The van der Waals surface area contributed by atoms with Gasteiger partial charge in [0, 0.05) is 23.8 Å². The molecule has 4 heteroatoms. The van der Waals surface area contributed by atoms with Crippen LogP contribution in [0.4, 0.5) is 0 Å². The molecule has 0 saturated heterocycles. The van der Waals surface area contributed by atoms with Crippen LogP contribution in [0.25, 0.3) is 0 Å². The number of pyridine rings is 1. The van der Waals surface area contributed by atoms with E-state index in [1.165, 1.54) is 12.8 Å². The standard InChI is InChI=1S/C12H17ClN2O/c1-12(8-16,10-4-5-10)15-7-9-3-2-6-14-11(9)13/h2-3,6,10,15-16H,4-5,7-8H2,1H3. The monoisotopic (exact) mass is 240 g/mol. The van der Waals surface area contributed by atoms with E-state index in [2.05, 4.69) is 17.2 Å². The number of nitrogens with zero attached hydrogens (tertiary/aromatic N) is 1. The molecule has 3 nitrogen and oxygen atoms in total. The largest absolute Gasteiger partial charge is 0.394 e. The average Bonchev–Trinajstić information content (AvgIpc) is 3.12. The lowest BCUT2D eigenvalue weighted by Gasteiger charge is -2.29. The zero-order valence-corrected chi connectivity index (χ0v) is 10.2. The van der Waals surface area contributed by atoms with Gasteiger partial charge in [0.05, 0.1) is 6.61 Å². The van der Waals surface area contributed by atoms with Crippen molar-refractivity contribution in [3.8, 4) is 0 Å². The number of hydrogen-bond donors (Lipinski definition) is 2. The van der Waals surface area contributed by atoms with E-state index in [1.807, 2.05) is 12.1 Å². The molecule has 1 fully saturated rings. The molecule has 2 N–H and O–H groups in total. The smallest absolute Gasteiger partial charge is 0.133 e. The van der Waals surface area contributed by atoms with Gasteiger partial charge in [-0.3, -0.25) is 0 Å². The van der Waals surface area contributed by atoms with E-state index in [1.54, 1.807) is 6.20 Å². The Morgan fingerprint density at radius 1 is 1.62 bits per heavy atom. The second kappa shape index (κ2) is 4.70. The third kappa shape index (κ3) is 2.54. The van der Waals surface area contributed by atoms with Gasteiger partial charge < -0.3 is 10.4 Å². The minimum absolute atomic E-state index is 0.162. The molecule has 2 rings (SSSR count). The second-order valence-corrected chi connectivity index (χ2v) is 5.01. The maximum absolute atomic E-state index is 9.43. The van der Waals surface area contributed by atoms with Crippen LogP contribution in [0.5, 0.6) is 0 Å². The van der Waals surface area contributed by atoms with Crippen LogP contribution in [-0.4, -0.2) is 22.2 Å². The molecule has 0 amide bonds. The Morgan fingerprint density at radius 3 is 2.94 bits per heavy atom. The maximum atomic E-state index is 9.43. The van der Waals surface area contributed by atoms with Gasteiger partial charge in [0.15, 0.2) is 0 Å². The van der Waals surface area contributed by atoms with E-state index in [4.69, 9.17) is 11.6 Å². The Kier molecular flexibility index (Phi) is 3.47. The van der Waals surface area contributed by atoms with Crippen LogP contribution in [-0.2, 0) is 6.54 Å². The summed E-state index contributed by atoms with van der Waals surface area (Å²) in [5.74, 6) is 0.591. The van der Waals surface area contributed by atoms with Crippen LogP contribution in [0, 0.1) is 5.92 Å². The zero-order valence-electron chi connectivity index (χ0n) is 9.41. The van der Waals surface area contributed by atoms with Crippen molar-refractivity contribution in [3.63, 3.8) is 0 Å². The van der Waals surface area contributed by atoms with E-state index in [9.17, 15) is 5.11 Å². The van der Waals surface area contributed by atoms with E-state index in [-0.39, 0.29) is 12.1 Å². The van der Waals surface area contributed by atoms with Gasteiger partial charge in [-0.2, -0.15) is 0 Å². The normalized spacial score (nSPS) is 19.4. The lowest BCUT2D eigenvalue weighted by molar-refractivity contribution is 0.153. The molecule has 1 aliphatic carbocycles. The minimum atomic E-state index is -0.181. The van der Waals surface area contributed by atoms with Gasteiger partial charge in [-0.05, 0) is 31.7 Å². The molecule has 1 unspecified atom stereocenters. The summed E-state index contributed by atoms with van der Waals surface area (Å²) in [6.45, 7) is 2.88. The predicted molar refractivity (Wildman–Crippen MR) is 64.3 cm³/mol. The molecule has 0 aromatic carbocycles. The van der Waals surface area contributed by atoms with Crippen LogP contribution in [0.1, 0.15) is 25.3 Å². The predicted octanol–water partition coefficient (Wildman–Crippen LogP) is 1.99. The first-order valence-corrected chi connectivity index (χ1v) is 5.99. The Balaban J connectivity index is 1.98. The molecule has 0 radical (unpaired) electrons. The molecule has 1 atom stereocenters. The first-order valence-electron chi connectivity index (χ1n) is 5.61. The summed E-state index contributed by atoms with van der Waals surface area (Å²) in [6, 6.07) is 3.82. The SMILES string of the molecule is CC(CO)(NCc1cccnc1Cl)C1CC1. The third-order valence-corrected chi connectivity index (χ3v) is 3.67. The summed E-state index contributed by atoms with van der Waals surface area (Å²) in [7, 11) is 0. The highest BCUT2D eigenvalue weighted by molar-refractivity contribution is 6.30. The van der Waals surface area contributed by atoms with Crippen molar-refractivity contribution in [2.75, 3.05) is 6.61 Å². The lowest BCUT2D eigenvalue weighted by atomic mass is 9.97. The van der Waals surface area contributed by atoms with E-state index in [0.717, 1.165) is 5.56 Å². The first kappa shape index (κ1) is 11.8. The summed E-state index contributed by atoms with van der Waals surface area (Å²) in [4.78, 5) is 4.03. The Labute approximate surface area is 101 Å². The highest BCUT2D eigenvalue weighted by Crippen LogP contribution is 2.39. The van der Waals surface area contributed by atoms with Crippen LogP contribution in [0.2, 0.25) is 5.15 Å². The van der Waals surface area contributed by atoms with Crippen molar-refractivity contribution >= 4 is 11.6 Å². The number of nitrogens with one attached hydrogen (secondary N) is 1. The number of rotatable bonds is 5. The number of halogens is 1. The summed E-state index contributed by atoms with van der Waals surface area (Å²) in [5, 5.41) is 13.4. The van der Waals surface area contributed by atoms with Crippen molar-refractivity contribution in [2.24, 2.45) is 5.92 Å². The van der Waals surface area contributed by atoms with Gasteiger partial charge >= 0.3 is 0 Å². The van der Waals surface area contributed by atoms with E-state index >= 15 is 0 Å². The van der Waals surface area contributed by atoms with Crippen molar-refractivity contribution in [3.05, 3.63) is 29.0 Å². The molecule has 1 saturated carbocycles. The summed E-state index contributed by atoms with van der Waals surface area (Å²) in [5.41, 5.74) is 0.795. The van der Waals surface area contributed by atoms with Gasteiger partial charge in [-0.15, -0.1) is 0 Å². The Hall–Kier alpha value is -0.640. The fraction of sp³-hybridized carbons (Fsp3) is 0.583. The third-order valence-electron chi connectivity index (χ3n) is 3.33.